The Morgan fingerprint density at radius 3 is 2.44 bits per heavy atom. The second-order valence-electron chi connectivity index (χ2n) is 8.79. The van der Waals surface area contributed by atoms with Gasteiger partial charge < -0.3 is 10.1 Å². The van der Waals surface area contributed by atoms with Gasteiger partial charge in [0, 0.05) is 25.8 Å². The van der Waals surface area contributed by atoms with Gasteiger partial charge in [-0.2, -0.15) is 0 Å². The van der Waals surface area contributed by atoms with E-state index in [9.17, 15) is 4.79 Å². The van der Waals surface area contributed by atoms with Gasteiger partial charge in [-0.15, -0.1) is 0 Å². The molecule has 2 aliphatic heterocycles. The lowest BCUT2D eigenvalue weighted by Crippen LogP contribution is -2.50. The summed E-state index contributed by atoms with van der Waals surface area (Å²) in [6.07, 6.45) is 5.81. The first-order chi connectivity index (χ1) is 15.7. The number of benzene rings is 2. The Bertz CT molecular complexity index is 851. The number of nitrogens with zero attached hydrogens (tertiary/aromatic N) is 2. The Labute approximate surface area is 191 Å². The Kier molecular flexibility index (Phi) is 8.29. The summed E-state index contributed by atoms with van der Waals surface area (Å²) in [5.74, 6) is 0.387. The van der Waals surface area contributed by atoms with Crippen LogP contribution >= 0.6 is 0 Å². The van der Waals surface area contributed by atoms with Crippen LogP contribution in [0, 0.1) is 5.92 Å². The van der Waals surface area contributed by atoms with Crippen LogP contribution in [0.4, 0.5) is 4.79 Å². The third-order valence-corrected chi connectivity index (χ3v) is 6.26. The quantitative estimate of drug-likeness (QED) is 0.647. The number of piperidine rings is 2. The van der Waals surface area contributed by atoms with Gasteiger partial charge in [0.1, 0.15) is 6.61 Å². The Morgan fingerprint density at radius 2 is 1.72 bits per heavy atom. The number of carbonyl (C=O) groups excluding carboxylic acids is 1. The largest absolute Gasteiger partial charge is 0.445 e. The molecule has 2 N–H and O–H groups in total. The van der Waals surface area contributed by atoms with Crippen LogP contribution in [0.5, 0.6) is 0 Å². The zero-order chi connectivity index (χ0) is 22.0. The number of amides is 1. The van der Waals surface area contributed by atoms with Crippen molar-refractivity contribution >= 4 is 12.3 Å². The third kappa shape index (κ3) is 7.18. The second-order valence-corrected chi connectivity index (χ2v) is 8.79. The van der Waals surface area contributed by atoms with Crippen LogP contribution < -0.4 is 10.6 Å². The molecule has 0 bridgehead atoms. The topological polar surface area (TPSA) is 66.0 Å². The fourth-order valence-electron chi connectivity index (χ4n) is 4.41. The minimum absolute atomic E-state index is 0.0730. The number of ether oxygens (including phenoxy) is 1. The van der Waals surface area contributed by atoms with E-state index in [2.05, 4.69) is 52.1 Å². The molecule has 6 heteroatoms. The van der Waals surface area contributed by atoms with Crippen LogP contribution in [0.1, 0.15) is 36.8 Å². The molecule has 0 aliphatic carbocycles. The third-order valence-electron chi connectivity index (χ3n) is 6.26. The SMILES string of the molecule is O=C(NC1CC(C=NC2CCN(Cc3ccccc3)CC2)CCN1)OCc1ccccc1. The van der Waals surface area contributed by atoms with E-state index in [1.165, 1.54) is 5.56 Å². The first-order valence-electron chi connectivity index (χ1n) is 11.7. The van der Waals surface area contributed by atoms with E-state index >= 15 is 0 Å². The van der Waals surface area contributed by atoms with Crippen molar-refractivity contribution in [3.63, 3.8) is 0 Å². The predicted molar refractivity (Wildman–Crippen MR) is 128 cm³/mol. The molecule has 2 unspecified atom stereocenters. The number of rotatable bonds is 7. The van der Waals surface area contributed by atoms with Gasteiger partial charge in [-0.3, -0.25) is 15.2 Å². The number of carbonyl (C=O) groups is 1. The summed E-state index contributed by atoms with van der Waals surface area (Å²) in [4.78, 5) is 19.6. The summed E-state index contributed by atoms with van der Waals surface area (Å²) in [5.41, 5.74) is 2.36. The van der Waals surface area contributed by atoms with Crippen LogP contribution in [0.3, 0.4) is 0 Å². The van der Waals surface area contributed by atoms with Crippen molar-refractivity contribution in [1.29, 1.82) is 0 Å². The summed E-state index contributed by atoms with van der Waals surface area (Å²) in [7, 11) is 0. The highest BCUT2D eigenvalue weighted by Gasteiger charge is 2.23. The van der Waals surface area contributed by atoms with Crippen LogP contribution in [0.2, 0.25) is 0 Å². The van der Waals surface area contributed by atoms with E-state index in [-0.39, 0.29) is 18.9 Å². The molecule has 0 aromatic heterocycles. The first-order valence-corrected chi connectivity index (χ1v) is 11.7. The summed E-state index contributed by atoms with van der Waals surface area (Å²) >= 11 is 0. The fourth-order valence-corrected chi connectivity index (χ4v) is 4.41. The molecule has 2 aliphatic rings. The predicted octanol–water partition coefficient (Wildman–Crippen LogP) is 3.97. The van der Waals surface area contributed by atoms with E-state index in [4.69, 9.17) is 9.73 Å². The van der Waals surface area contributed by atoms with Gasteiger partial charge in [-0.25, -0.2) is 4.79 Å². The average Bonchev–Trinajstić information content (AvgIpc) is 2.84. The van der Waals surface area contributed by atoms with E-state index in [0.29, 0.717) is 12.0 Å². The summed E-state index contributed by atoms with van der Waals surface area (Å²) in [6.45, 7) is 4.38. The van der Waals surface area contributed by atoms with Gasteiger partial charge in [0.25, 0.3) is 0 Å². The second kappa shape index (κ2) is 11.8. The molecule has 0 radical (unpaired) electrons. The molecule has 32 heavy (non-hydrogen) atoms. The van der Waals surface area contributed by atoms with Gasteiger partial charge in [-0.1, -0.05) is 60.7 Å². The highest BCUT2D eigenvalue weighted by atomic mass is 16.5. The normalized spacial score (nSPS) is 22.6. The van der Waals surface area contributed by atoms with Gasteiger partial charge >= 0.3 is 6.09 Å². The molecule has 4 rings (SSSR count). The zero-order valence-electron chi connectivity index (χ0n) is 18.7. The maximum Gasteiger partial charge on any atom is 0.408 e. The monoisotopic (exact) mass is 434 g/mol. The fraction of sp³-hybridized carbons (Fsp3) is 0.462. The summed E-state index contributed by atoms with van der Waals surface area (Å²) < 4.78 is 5.35. The maximum absolute atomic E-state index is 12.1. The van der Waals surface area contributed by atoms with Crippen molar-refractivity contribution in [1.82, 2.24) is 15.5 Å². The van der Waals surface area contributed by atoms with E-state index in [1.54, 1.807) is 0 Å². The molecule has 2 heterocycles. The number of nitrogens with one attached hydrogen (secondary N) is 2. The number of hydrogen-bond acceptors (Lipinski definition) is 5. The van der Waals surface area contributed by atoms with Crippen molar-refractivity contribution < 1.29 is 9.53 Å². The van der Waals surface area contributed by atoms with Crippen molar-refractivity contribution in [2.75, 3.05) is 19.6 Å². The molecule has 2 atom stereocenters. The zero-order valence-corrected chi connectivity index (χ0v) is 18.7. The maximum atomic E-state index is 12.1. The minimum atomic E-state index is -0.380. The molecule has 2 fully saturated rings. The van der Waals surface area contributed by atoms with Crippen molar-refractivity contribution in [2.24, 2.45) is 10.9 Å². The van der Waals surface area contributed by atoms with E-state index in [0.717, 1.165) is 57.4 Å². The number of likely N-dealkylation sites (tertiary alicyclic amines) is 1. The van der Waals surface area contributed by atoms with Crippen LogP contribution in [0.15, 0.2) is 65.7 Å². The highest BCUT2D eigenvalue weighted by Crippen LogP contribution is 2.18. The molecule has 2 aromatic rings. The van der Waals surface area contributed by atoms with E-state index in [1.807, 2.05) is 30.3 Å². The van der Waals surface area contributed by atoms with Crippen molar-refractivity contribution in [3.8, 4) is 0 Å². The molecule has 0 saturated carbocycles. The van der Waals surface area contributed by atoms with E-state index < -0.39 is 0 Å². The molecule has 6 nitrogen and oxygen atoms in total. The van der Waals surface area contributed by atoms with Crippen LogP contribution in [-0.2, 0) is 17.9 Å². The average molecular weight is 435 g/mol. The highest BCUT2D eigenvalue weighted by molar-refractivity contribution is 5.68. The smallest absolute Gasteiger partial charge is 0.408 e. The molecule has 170 valence electrons. The van der Waals surface area contributed by atoms with Gasteiger partial charge in [0.05, 0.1) is 12.2 Å². The molecule has 1 amide bonds. The molecule has 2 saturated heterocycles. The van der Waals surface area contributed by atoms with Gasteiger partial charge in [0.15, 0.2) is 0 Å². The standard InChI is InChI=1S/C26H34N4O2/c31-26(32-20-22-9-5-2-6-10-22)29-25-17-23(11-14-27-25)18-28-24-12-15-30(16-13-24)19-21-7-3-1-4-8-21/h1-10,18,23-25,27H,11-17,19-20H2,(H,29,31). The molecule has 2 aromatic carbocycles. The first kappa shape index (κ1) is 22.5. The Morgan fingerprint density at radius 1 is 1.03 bits per heavy atom. The van der Waals surface area contributed by atoms with Crippen LogP contribution in [-0.4, -0.2) is 49.0 Å². The lowest BCUT2D eigenvalue weighted by Gasteiger charge is -2.31. The Balaban J connectivity index is 1.16. The summed E-state index contributed by atoms with van der Waals surface area (Å²) in [5, 5.41) is 6.31. The van der Waals surface area contributed by atoms with Crippen molar-refractivity contribution in [2.45, 2.75) is 51.0 Å². The molecular weight excluding hydrogens is 400 g/mol. The number of hydrogen-bond donors (Lipinski definition) is 2. The molecular formula is C26H34N4O2. The Hall–Kier alpha value is -2.70. The summed E-state index contributed by atoms with van der Waals surface area (Å²) in [6, 6.07) is 20.8. The number of alkyl carbamates (subject to hydrolysis) is 1. The van der Waals surface area contributed by atoms with Crippen LogP contribution in [0.25, 0.3) is 0 Å². The number of aliphatic imine (C=N–C) groups is 1. The van der Waals surface area contributed by atoms with Crippen molar-refractivity contribution in [3.05, 3.63) is 71.8 Å². The van der Waals surface area contributed by atoms with Gasteiger partial charge in [0.2, 0.25) is 0 Å². The lowest BCUT2D eigenvalue weighted by atomic mass is 9.96. The van der Waals surface area contributed by atoms with Gasteiger partial charge in [-0.05, 0) is 49.3 Å². The lowest BCUT2D eigenvalue weighted by molar-refractivity contribution is 0.130. The minimum Gasteiger partial charge on any atom is -0.445 e. The molecule has 0 spiro atoms.